The Bertz CT molecular complexity index is 660. The highest BCUT2D eigenvalue weighted by Gasteiger charge is 2.31. The monoisotopic (exact) mass is 311 g/mol. The van der Waals surface area contributed by atoms with E-state index in [2.05, 4.69) is 10.3 Å². The number of aromatic nitrogens is 3. The molecule has 0 amide bonds. The maximum atomic E-state index is 12.8. The SMILES string of the molecule is CCC(CC)c1c(C=O)nnn1-c1cccc(C(F)(F)F)c1. The number of hydrogen-bond acceptors (Lipinski definition) is 3. The van der Waals surface area contributed by atoms with E-state index in [4.69, 9.17) is 0 Å². The smallest absolute Gasteiger partial charge is 0.296 e. The van der Waals surface area contributed by atoms with Crippen molar-refractivity contribution in [3.63, 3.8) is 0 Å². The summed E-state index contributed by atoms with van der Waals surface area (Å²) in [5, 5.41) is 7.65. The minimum Gasteiger partial charge on any atom is -0.296 e. The molecule has 0 aliphatic carbocycles. The van der Waals surface area contributed by atoms with Crippen LogP contribution in [0.15, 0.2) is 24.3 Å². The van der Waals surface area contributed by atoms with Gasteiger partial charge in [0, 0.05) is 5.92 Å². The van der Waals surface area contributed by atoms with Gasteiger partial charge < -0.3 is 0 Å². The van der Waals surface area contributed by atoms with E-state index < -0.39 is 11.7 Å². The van der Waals surface area contributed by atoms with Gasteiger partial charge in [-0.25, -0.2) is 4.68 Å². The van der Waals surface area contributed by atoms with E-state index in [1.165, 1.54) is 16.8 Å². The van der Waals surface area contributed by atoms with Crippen LogP contribution in [0.5, 0.6) is 0 Å². The fourth-order valence-corrected chi connectivity index (χ4v) is 2.45. The quantitative estimate of drug-likeness (QED) is 0.784. The van der Waals surface area contributed by atoms with Crippen LogP contribution < -0.4 is 0 Å². The van der Waals surface area contributed by atoms with Gasteiger partial charge in [0.1, 0.15) is 5.69 Å². The molecule has 2 rings (SSSR count). The second kappa shape index (κ2) is 6.29. The highest BCUT2D eigenvalue weighted by molar-refractivity contribution is 5.74. The summed E-state index contributed by atoms with van der Waals surface area (Å²) in [5.74, 6) is 0.00439. The molecule has 0 aliphatic heterocycles. The van der Waals surface area contributed by atoms with Gasteiger partial charge in [0.25, 0.3) is 0 Å². The zero-order chi connectivity index (χ0) is 16.3. The Morgan fingerprint density at radius 3 is 2.50 bits per heavy atom. The number of nitrogens with zero attached hydrogens (tertiary/aromatic N) is 3. The summed E-state index contributed by atoms with van der Waals surface area (Å²) in [6.45, 7) is 3.90. The highest BCUT2D eigenvalue weighted by atomic mass is 19.4. The van der Waals surface area contributed by atoms with Crippen LogP contribution in [0.25, 0.3) is 5.69 Å². The number of halogens is 3. The first-order valence-corrected chi connectivity index (χ1v) is 7.00. The van der Waals surface area contributed by atoms with Gasteiger partial charge in [0.2, 0.25) is 0 Å². The molecule has 1 heterocycles. The first-order valence-electron chi connectivity index (χ1n) is 7.00. The molecule has 0 unspecified atom stereocenters. The van der Waals surface area contributed by atoms with Crippen LogP contribution in [0.4, 0.5) is 13.2 Å². The second-order valence-electron chi connectivity index (χ2n) is 4.95. The van der Waals surface area contributed by atoms with E-state index in [0.717, 1.165) is 25.0 Å². The molecule has 0 radical (unpaired) electrons. The van der Waals surface area contributed by atoms with Crippen LogP contribution in [-0.2, 0) is 6.18 Å². The number of benzene rings is 1. The van der Waals surface area contributed by atoms with E-state index in [0.29, 0.717) is 12.0 Å². The van der Waals surface area contributed by atoms with E-state index in [1.54, 1.807) is 0 Å². The van der Waals surface area contributed by atoms with Crippen LogP contribution in [0.1, 0.15) is 54.4 Å². The summed E-state index contributed by atoms with van der Waals surface area (Å²) < 4.78 is 39.9. The van der Waals surface area contributed by atoms with Crippen LogP contribution in [0, 0.1) is 0 Å². The van der Waals surface area contributed by atoms with Gasteiger partial charge in [-0.1, -0.05) is 25.1 Å². The largest absolute Gasteiger partial charge is 0.416 e. The Morgan fingerprint density at radius 1 is 1.27 bits per heavy atom. The van der Waals surface area contributed by atoms with Gasteiger partial charge >= 0.3 is 6.18 Å². The summed E-state index contributed by atoms with van der Waals surface area (Å²) in [6, 6.07) is 4.84. The molecule has 0 saturated carbocycles. The lowest BCUT2D eigenvalue weighted by Gasteiger charge is -2.16. The van der Waals surface area contributed by atoms with Crippen LogP contribution in [0.2, 0.25) is 0 Å². The molecule has 4 nitrogen and oxygen atoms in total. The predicted molar refractivity (Wildman–Crippen MR) is 75.1 cm³/mol. The van der Waals surface area contributed by atoms with E-state index >= 15 is 0 Å². The summed E-state index contributed by atoms with van der Waals surface area (Å²) >= 11 is 0. The van der Waals surface area contributed by atoms with Crippen LogP contribution in [-0.4, -0.2) is 21.3 Å². The van der Waals surface area contributed by atoms with Gasteiger partial charge in [0.05, 0.1) is 16.9 Å². The zero-order valence-electron chi connectivity index (χ0n) is 12.3. The van der Waals surface area contributed by atoms with Crippen molar-refractivity contribution in [3.05, 3.63) is 41.2 Å². The molecule has 0 spiro atoms. The van der Waals surface area contributed by atoms with Gasteiger partial charge in [0.15, 0.2) is 6.29 Å². The molecule has 1 aromatic heterocycles. The van der Waals surface area contributed by atoms with Crippen molar-refractivity contribution in [1.29, 1.82) is 0 Å². The lowest BCUT2D eigenvalue weighted by atomic mass is 9.97. The van der Waals surface area contributed by atoms with Crippen molar-refractivity contribution in [2.75, 3.05) is 0 Å². The molecule has 0 aliphatic rings. The average molecular weight is 311 g/mol. The lowest BCUT2D eigenvalue weighted by Crippen LogP contribution is -2.11. The summed E-state index contributed by atoms with van der Waals surface area (Å²) in [4.78, 5) is 11.1. The third kappa shape index (κ3) is 3.03. The Morgan fingerprint density at radius 2 is 1.95 bits per heavy atom. The molecule has 0 N–H and O–H groups in total. The normalized spacial score (nSPS) is 11.9. The van der Waals surface area contributed by atoms with E-state index in [9.17, 15) is 18.0 Å². The van der Waals surface area contributed by atoms with Crippen molar-refractivity contribution in [2.45, 2.75) is 38.8 Å². The molecule has 0 bridgehead atoms. The van der Waals surface area contributed by atoms with Crippen molar-refractivity contribution in [3.8, 4) is 5.69 Å². The van der Waals surface area contributed by atoms with Gasteiger partial charge in [-0.05, 0) is 31.0 Å². The topological polar surface area (TPSA) is 47.8 Å². The Labute approximate surface area is 125 Å². The molecular weight excluding hydrogens is 295 g/mol. The fourth-order valence-electron chi connectivity index (χ4n) is 2.45. The lowest BCUT2D eigenvalue weighted by molar-refractivity contribution is -0.137. The number of hydrogen-bond donors (Lipinski definition) is 0. The van der Waals surface area contributed by atoms with Gasteiger partial charge in [-0.15, -0.1) is 5.10 Å². The first-order chi connectivity index (χ1) is 10.4. The molecule has 1 aromatic carbocycles. The van der Waals surface area contributed by atoms with Crippen molar-refractivity contribution >= 4 is 6.29 Å². The Kier molecular flexibility index (Phi) is 4.63. The minimum absolute atomic E-state index is 0.00439. The fraction of sp³-hybridized carbons (Fsp3) is 0.400. The minimum atomic E-state index is -4.43. The third-order valence-electron chi connectivity index (χ3n) is 3.63. The molecule has 22 heavy (non-hydrogen) atoms. The third-order valence-corrected chi connectivity index (χ3v) is 3.63. The number of alkyl halides is 3. The van der Waals surface area contributed by atoms with E-state index in [-0.39, 0.29) is 17.3 Å². The summed E-state index contributed by atoms with van der Waals surface area (Å²) in [5.41, 5.74) is 0.214. The van der Waals surface area contributed by atoms with Crippen LogP contribution in [0.3, 0.4) is 0 Å². The Balaban J connectivity index is 2.58. The number of aldehydes is 1. The number of carbonyl (C=O) groups excluding carboxylic acids is 1. The molecule has 2 aromatic rings. The van der Waals surface area contributed by atoms with Gasteiger partial charge in [-0.3, -0.25) is 4.79 Å². The molecule has 7 heteroatoms. The van der Waals surface area contributed by atoms with Crippen LogP contribution >= 0.6 is 0 Å². The predicted octanol–water partition coefficient (Wildman–Crippen LogP) is 4.00. The first kappa shape index (κ1) is 16.2. The molecular formula is C15H16F3N3O. The molecule has 0 atom stereocenters. The maximum absolute atomic E-state index is 12.8. The average Bonchev–Trinajstić information content (AvgIpc) is 2.92. The van der Waals surface area contributed by atoms with E-state index in [1.807, 2.05) is 13.8 Å². The van der Waals surface area contributed by atoms with Crippen molar-refractivity contribution in [2.24, 2.45) is 0 Å². The number of rotatable bonds is 5. The van der Waals surface area contributed by atoms with Crippen molar-refractivity contribution in [1.82, 2.24) is 15.0 Å². The maximum Gasteiger partial charge on any atom is 0.416 e. The zero-order valence-corrected chi connectivity index (χ0v) is 12.3. The summed E-state index contributed by atoms with van der Waals surface area (Å²) in [7, 11) is 0. The molecule has 0 saturated heterocycles. The highest BCUT2D eigenvalue weighted by Crippen LogP contribution is 2.32. The Hall–Kier alpha value is -2.18. The standard InChI is InChI=1S/C15H16F3N3O/c1-3-10(4-2)14-13(9-22)19-20-21(14)12-7-5-6-11(8-12)15(16,17)18/h5-10H,3-4H2,1-2H3. The van der Waals surface area contributed by atoms with Gasteiger partial charge in [-0.2, -0.15) is 13.2 Å². The number of carbonyl (C=O) groups is 1. The molecule has 118 valence electrons. The second-order valence-corrected chi connectivity index (χ2v) is 4.95. The summed E-state index contributed by atoms with van der Waals surface area (Å²) in [6.07, 6.45) is -2.36. The molecule has 0 fully saturated rings. The van der Waals surface area contributed by atoms with Crippen molar-refractivity contribution < 1.29 is 18.0 Å².